The third kappa shape index (κ3) is 2.65. The van der Waals surface area contributed by atoms with Crippen LogP contribution in [0.15, 0.2) is 0 Å². The van der Waals surface area contributed by atoms with Crippen LogP contribution >= 0.6 is 0 Å². The highest BCUT2D eigenvalue weighted by Crippen LogP contribution is 2.65. The molecule has 0 aromatic carbocycles. The molecule has 3 unspecified atom stereocenters. The zero-order valence-corrected chi connectivity index (χ0v) is 14.0. The highest BCUT2D eigenvalue weighted by Gasteiger charge is 2.64. The quantitative estimate of drug-likeness (QED) is 0.631. The topological polar surface area (TPSA) is 27.7 Å². The lowest BCUT2D eigenvalue weighted by Crippen LogP contribution is -2.54. The summed E-state index contributed by atoms with van der Waals surface area (Å²) in [7, 11) is -2.51. The molecule has 2 aliphatic carbocycles. The number of fused-ring (bicyclic) bond motifs is 2. The maximum Gasteiger partial charge on any atom is 0.504 e. The van der Waals surface area contributed by atoms with E-state index in [2.05, 4.69) is 27.7 Å². The van der Waals surface area contributed by atoms with Gasteiger partial charge in [0.25, 0.3) is 0 Å². The summed E-state index contributed by atoms with van der Waals surface area (Å²) < 4.78 is 18.5. The van der Waals surface area contributed by atoms with Crippen LogP contribution in [0.3, 0.4) is 0 Å². The van der Waals surface area contributed by atoms with Gasteiger partial charge in [-0.1, -0.05) is 13.3 Å². The monoisotopic (exact) mass is 286 g/mol. The van der Waals surface area contributed by atoms with E-state index in [9.17, 15) is 0 Å². The van der Waals surface area contributed by atoms with E-state index < -0.39 is 8.80 Å². The minimum atomic E-state index is -2.51. The minimum absolute atomic E-state index is 0.441. The van der Waals surface area contributed by atoms with Crippen LogP contribution < -0.4 is 0 Å². The van der Waals surface area contributed by atoms with Gasteiger partial charge >= 0.3 is 8.80 Å². The molecule has 2 saturated carbocycles. The van der Waals surface area contributed by atoms with Gasteiger partial charge in [0.1, 0.15) is 0 Å². The van der Waals surface area contributed by atoms with Crippen LogP contribution in [0.5, 0.6) is 0 Å². The van der Waals surface area contributed by atoms with Crippen molar-refractivity contribution in [1.82, 2.24) is 0 Å². The Hall–Kier alpha value is 0.0969. The Morgan fingerprint density at radius 2 is 1.58 bits per heavy atom. The fraction of sp³-hybridized carbons (Fsp3) is 1.00. The lowest BCUT2D eigenvalue weighted by molar-refractivity contribution is 0.0409. The molecule has 2 bridgehead atoms. The van der Waals surface area contributed by atoms with E-state index in [1.165, 1.54) is 32.1 Å². The van der Waals surface area contributed by atoms with Gasteiger partial charge in [-0.15, -0.1) is 0 Å². The van der Waals surface area contributed by atoms with E-state index in [0.717, 1.165) is 5.92 Å². The molecule has 2 rings (SSSR count). The third-order valence-corrected chi connectivity index (χ3v) is 9.00. The fourth-order valence-corrected chi connectivity index (χ4v) is 8.39. The van der Waals surface area contributed by atoms with Crippen molar-refractivity contribution in [3.63, 3.8) is 0 Å². The fourth-order valence-electron chi connectivity index (χ4n) is 4.49. The first kappa shape index (κ1) is 15.5. The van der Waals surface area contributed by atoms with E-state index in [1.54, 1.807) is 0 Å². The van der Waals surface area contributed by atoms with E-state index in [0.29, 0.717) is 30.8 Å². The molecule has 0 aromatic rings. The predicted molar refractivity (Wildman–Crippen MR) is 79.1 cm³/mol. The maximum atomic E-state index is 6.17. The van der Waals surface area contributed by atoms with Crippen molar-refractivity contribution in [3.8, 4) is 0 Å². The van der Waals surface area contributed by atoms with Crippen molar-refractivity contribution in [2.45, 2.75) is 65.3 Å². The average molecular weight is 286 g/mol. The highest BCUT2D eigenvalue weighted by atomic mass is 28.4. The first-order chi connectivity index (χ1) is 9.16. The smallest absolute Gasteiger partial charge is 0.374 e. The van der Waals surface area contributed by atoms with Gasteiger partial charge in [-0.25, -0.2) is 0 Å². The zero-order chi connectivity index (χ0) is 13.9. The molecular weight excluding hydrogens is 256 g/mol. The highest BCUT2D eigenvalue weighted by molar-refractivity contribution is 6.62. The van der Waals surface area contributed by atoms with Crippen LogP contribution in [0.2, 0.25) is 5.54 Å². The third-order valence-electron chi connectivity index (χ3n) is 5.22. The SMILES string of the molecule is CCO[Si](OCC)(OCC)C1CC2CCC1(CC)C2. The van der Waals surface area contributed by atoms with Gasteiger partial charge in [0.2, 0.25) is 0 Å². The number of rotatable bonds is 8. The molecule has 0 saturated heterocycles. The molecule has 2 fully saturated rings. The number of hydrogen-bond donors (Lipinski definition) is 0. The van der Waals surface area contributed by atoms with Crippen LogP contribution in [-0.2, 0) is 13.3 Å². The molecule has 3 atom stereocenters. The Kier molecular flexibility index (Phi) is 5.09. The molecule has 0 spiro atoms. The summed E-state index contributed by atoms with van der Waals surface area (Å²) in [6, 6.07) is 0. The normalized spacial score (nSPS) is 34.1. The number of hydrogen-bond acceptors (Lipinski definition) is 3. The molecule has 2 aliphatic rings. The Morgan fingerprint density at radius 3 is 2.00 bits per heavy atom. The Labute approximate surface area is 119 Å². The summed E-state index contributed by atoms with van der Waals surface area (Å²) in [6.07, 6.45) is 6.63. The lowest BCUT2D eigenvalue weighted by Gasteiger charge is -2.43. The van der Waals surface area contributed by atoms with Gasteiger partial charge in [0.15, 0.2) is 0 Å². The van der Waals surface area contributed by atoms with Crippen LogP contribution in [0.4, 0.5) is 0 Å². The van der Waals surface area contributed by atoms with Crippen LogP contribution in [0.25, 0.3) is 0 Å². The van der Waals surface area contributed by atoms with Gasteiger partial charge in [0, 0.05) is 25.4 Å². The minimum Gasteiger partial charge on any atom is -0.374 e. The summed E-state index contributed by atoms with van der Waals surface area (Å²) in [5.41, 5.74) is 0.972. The Balaban J connectivity index is 2.26. The molecule has 0 aromatic heterocycles. The van der Waals surface area contributed by atoms with E-state index in [4.69, 9.17) is 13.3 Å². The second kappa shape index (κ2) is 6.25. The van der Waals surface area contributed by atoms with Crippen molar-refractivity contribution >= 4 is 8.80 Å². The molecule has 0 aliphatic heterocycles. The standard InChI is InChI=1S/C15H30O3Si/c1-5-15-10-9-13(12-15)11-14(15)19(16-6-2,17-7-3)18-8-4/h13-14H,5-12H2,1-4H3. The van der Waals surface area contributed by atoms with Crippen molar-refractivity contribution in [2.75, 3.05) is 19.8 Å². The van der Waals surface area contributed by atoms with E-state index >= 15 is 0 Å². The van der Waals surface area contributed by atoms with Crippen LogP contribution in [0, 0.1) is 11.3 Å². The Bertz CT molecular complexity index is 280. The van der Waals surface area contributed by atoms with Gasteiger partial charge in [0.05, 0.1) is 0 Å². The molecule has 0 N–H and O–H groups in total. The second-order valence-electron chi connectivity index (χ2n) is 6.02. The Morgan fingerprint density at radius 1 is 1.00 bits per heavy atom. The average Bonchev–Trinajstić information content (AvgIpc) is 2.98. The van der Waals surface area contributed by atoms with Crippen LogP contribution in [-0.4, -0.2) is 28.6 Å². The molecule has 19 heavy (non-hydrogen) atoms. The molecule has 0 amide bonds. The lowest BCUT2D eigenvalue weighted by atomic mass is 9.81. The molecule has 0 radical (unpaired) electrons. The maximum absolute atomic E-state index is 6.17. The van der Waals surface area contributed by atoms with Gasteiger partial charge in [-0.05, 0) is 57.8 Å². The van der Waals surface area contributed by atoms with Gasteiger partial charge < -0.3 is 13.3 Å². The first-order valence-corrected chi connectivity index (χ1v) is 9.88. The summed E-state index contributed by atoms with van der Waals surface area (Å²) in [5, 5.41) is 0. The van der Waals surface area contributed by atoms with Gasteiger partial charge in [-0.2, -0.15) is 0 Å². The van der Waals surface area contributed by atoms with E-state index in [-0.39, 0.29) is 0 Å². The molecule has 4 heteroatoms. The summed E-state index contributed by atoms with van der Waals surface area (Å²) in [5.74, 6) is 0.887. The van der Waals surface area contributed by atoms with Crippen molar-refractivity contribution in [3.05, 3.63) is 0 Å². The predicted octanol–water partition coefficient (Wildman–Crippen LogP) is 4.01. The molecular formula is C15H30O3Si. The van der Waals surface area contributed by atoms with Crippen LogP contribution in [0.1, 0.15) is 59.8 Å². The van der Waals surface area contributed by atoms with Crippen molar-refractivity contribution < 1.29 is 13.3 Å². The van der Waals surface area contributed by atoms with Crippen molar-refractivity contribution in [2.24, 2.45) is 11.3 Å². The molecule has 112 valence electrons. The molecule has 0 heterocycles. The first-order valence-electron chi connectivity index (χ1n) is 8.08. The summed E-state index contributed by atoms with van der Waals surface area (Å²) >= 11 is 0. The van der Waals surface area contributed by atoms with E-state index in [1.807, 2.05) is 0 Å². The summed E-state index contributed by atoms with van der Waals surface area (Å²) in [4.78, 5) is 0. The zero-order valence-electron chi connectivity index (χ0n) is 13.0. The van der Waals surface area contributed by atoms with Gasteiger partial charge in [-0.3, -0.25) is 0 Å². The largest absolute Gasteiger partial charge is 0.504 e. The second-order valence-corrected chi connectivity index (χ2v) is 8.79. The molecule has 3 nitrogen and oxygen atoms in total. The van der Waals surface area contributed by atoms with Crippen molar-refractivity contribution in [1.29, 1.82) is 0 Å². The summed E-state index contributed by atoms with van der Waals surface area (Å²) in [6.45, 7) is 10.6.